The van der Waals surface area contributed by atoms with Gasteiger partial charge in [-0.1, -0.05) is 6.07 Å². The lowest BCUT2D eigenvalue weighted by Gasteiger charge is -2.11. The van der Waals surface area contributed by atoms with Gasteiger partial charge in [-0.25, -0.2) is 4.98 Å². The Hall–Kier alpha value is -2.18. The molecular formula is C18H17FN2O2S. The lowest BCUT2D eigenvalue weighted by Crippen LogP contribution is -2.19. The molecule has 0 radical (unpaired) electrons. The highest BCUT2D eigenvalue weighted by molar-refractivity contribution is 7.94. The molecule has 0 aliphatic heterocycles. The molecular weight excluding hydrogens is 327 g/mol. The first-order chi connectivity index (χ1) is 11.7. The van der Waals surface area contributed by atoms with Crippen molar-refractivity contribution in [2.45, 2.75) is 13.0 Å². The highest BCUT2D eigenvalue weighted by atomic mass is 32.2. The Morgan fingerprint density at radius 2 is 2.08 bits per heavy atom. The van der Waals surface area contributed by atoms with Crippen molar-refractivity contribution in [3.63, 3.8) is 0 Å². The molecule has 0 amide bonds. The van der Waals surface area contributed by atoms with Gasteiger partial charge in [0.1, 0.15) is 12.4 Å². The van der Waals surface area contributed by atoms with Crippen molar-refractivity contribution < 1.29 is 13.7 Å². The summed E-state index contributed by atoms with van der Waals surface area (Å²) in [6, 6.07) is 13.4. The van der Waals surface area contributed by atoms with Crippen LogP contribution in [0.25, 0.3) is 22.2 Å². The van der Waals surface area contributed by atoms with Gasteiger partial charge < -0.3 is 9.84 Å². The quantitative estimate of drug-likeness (QED) is 0.733. The van der Waals surface area contributed by atoms with Gasteiger partial charge in [0.15, 0.2) is 0 Å². The van der Waals surface area contributed by atoms with Crippen LogP contribution in [0.1, 0.15) is 5.69 Å². The van der Waals surface area contributed by atoms with E-state index in [9.17, 15) is 8.99 Å². The van der Waals surface area contributed by atoms with Gasteiger partial charge in [-0.05, 0) is 43.3 Å². The molecule has 4 nitrogen and oxygen atoms in total. The third-order valence-electron chi connectivity index (χ3n) is 3.55. The number of fused-ring (bicyclic) bond motifs is 1. The molecule has 3 aromatic rings. The van der Waals surface area contributed by atoms with E-state index in [1.54, 1.807) is 12.3 Å². The van der Waals surface area contributed by atoms with Gasteiger partial charge in [-0.15, -0.1) is 0 Å². The molecule has 6 heteroatoms. The number of aryl methyl sites for hydroxylation is 1. The number of aliphatic hydroxyl groups is 1. The SMILES string of the molecule is Cc1cc(-c2ccc3cc(OC[C@H](O)CSF)ccc3n2)ccn1. The molecule has 3 rings (SSSR count). The van der Waals surface area contributed by atoms with E-state index in [1.807, 2.05) is 43.3 Å². The van der Waals surface area contributed by atoms with Crippen LogP contribution in [-0.4, -0.2) is 33.5 Å². The van der Waals surface area contributed by atoms with Crippen LogP contribution in [0.4, 0.5) is 3.89 Å². The van der Waals surface area contributed by atoms with Gasteiger partial charge >= 0.3 is 0 Å². The maximum absolute atomic E-state index is 12.1. The van der Waals surface area contributed by atoms with Gasteiger partial charge in [0, 0.05) is 35.0 Å². The van der Waals surface area contributed by atoms with Crippen LogP contribution in [0.15, 0.2) is 48.7 Å². The summed E-state index contributed by atoms with van der Waals surface area (Å²) in [4.78, 5) is 8.86. The van der Waals surface area contributed by atoms with Crippen LogP contribution in [0, 0.1) is 6.92 Å². The number of halogens is 1. The Labute approximate surface area is 144 Å². The monoisotopic (exact) mass is 344 g/mol. The number of pyridine rings is 2. The number of rotatable bonds is 6. The average molecular weight is 344 g/mol. The van der Waals surface area contributed by atoms with E-state index in [0.717, 1.165) is 27.9 Å². The third kappa shape index (κ3) is 4.01. The smallest absolute Gasteiger partial charge is 0.120 e. The van der Waals surface area contributed by atoms with Gasteiger partial charge in [0.05, 0.1) is 23.1 Å². The van der Waals surface area contributed by atoms with Crippen molar-refractivity contribution >= 4 is 23.1 Å². The second kappa shape index (κ2) is 7.59. The first-order valence-electron chi connectivity index (χ1n) is 7.54. The number of nitrogens with zero attached hydrogens (tertiary/aromatic N) is 2. The lowest BCUT2D eigenvalue weighted by molar-refractivity contribution is 0.126. The molecule has 0 bridgehead atoms. The zero-order chi connectivity index (χ0) is 16.9. The summed E-state index contributed by atoms with van der Waals surface area (Å²) >= 11 is 0.103. The van der Waals surface area contributed by atoms with Gasteiger partial charge in [-0.3, -0.25) is 4.98 Å². The fourth-order valence-electron chi connectivity index (χ4n) is 2.37. The van der Waals surface area contributed by atoms with Crippen molar-refractivity contribution in [2.24, 2.45) is 0 Å². The van der Waals surface area contributed by atoms with Gasteiger partial charge in [0.2, 0.25) is 0 Å². The fourth-order valence-corrected chi connectivity index (χ4v) is 2.61. The molecule has 124 valence electrons. The Morgan fingerprint density at radius 3 is 2.88 bits per heavy atom. The Kier molecular flexibility index (Phi) is 5.27. The summed E-state index contributed by atoms with van der Waals surface area (Å²) in [6.45, 7) is 2.01. The second-order valence-electron chi connectivity index (χ2n) is 5.48. The molecule has 0 aliphatic carbocycles. The third-order valence-corrected chi connectivity index (χ3v) is 4.06. The summed E-state index contributed by atoms with van der Waals surface area (Å²) in [5.74, 6) is 0.629. The average Bonchev–Trinajstić information content (AvgIpc) is 2.59. The highest BCUT2D eigenvalue weighted by Gasteiger charge is 2.07. The minimum Gasteiger partial charge on any atom is -0.491 e. The molecule has 2 aromatic heterocycles. The van der Waals surface area contributed by atoms with E-state index in [-0.39, 0.29) is 24.5 Å². The first-order valence-corrected chi connectivity index (χ1v) is 8.42. The largest absolute Gasteiger partial charge is 0.491 e. The highest BCUT2D eigenvalue weighted by Crippen LogP contribution is 2.24. The molecule has 0 fully saturated rings. The predicted octanol–water partition coefficient (Wildman–Crippen LogP) is 3.96. The lowest BCUT2D eigenvalue weighted by atomic mass is 10.1. The van der Waals surface area contributed by atoms with E-state index in [1.165, 1.54) is 0 Å². The van der Waals surface area contributed by atoms with Crippen LogP contribution in [0.3, 0.4) is 0 Å². The number of benzene rings is 1. The number of hydrogen-bond donors (Lipinski definition) is 1. The zero-order valence-electron chi connectivity index (χ0n) is 13.1. The maximum atomic E-state index is 12.1. The standard InChI is InChI=1S/C18H17FN2O2S/c1-12-8-14(6-7-20-12)17-4-2-13-9-16(3-5-18(13)21-17)23-10-15(22)11-24-19/h2-9,15,22H,10-11H2,1H3/t15-/m0/s1. The molecule has 1 aromatic carbocycles. The van der Waals surface area contributed by atoms with Crippen molar-refractivity contribution in [1.82, 2.24) is 9.97 Å². The number of hydrogen-bond acceptors (Lipinski definition) is 5. The number of aliphatic hydroxyl groups excluding tert-OH is 1. The summed E-state index contributed by atoms with van der Waals surface area (Å²) in [6.07, 6.45) is 0.945. The Bertz CT molecular complexity index is 844. The summed E-state index contributed by atoms with van der Waals surface area (Å²) in [5.41, 5.74) is 3.71. The maximum Gasteiger partial charge on any atom is 0.120 e. The van der Waals surface area contributed by atoms with E-state index >= 15 is 0 Å². The summed E-state index contributed by atoms with van der Waals surface area (Å²) < 4.78 is 17.6. The predicted molar refractivity (Wildman–Crippen MR) is 94.8 cm³/mol. The van der Waals surface area contributed by atoms with Crippen molar-refractivity contribution in [2.75, 3.05) is 12.4 Å². The van der Waals surface area contributed by atoms with Crippen LogP contribution in [0.5, 0.6) is 5.75 Å². The van der Waals surface area contributed by atoms with Crippen molar-refractivity contribution in [3.8, 4) is 17.0 Å². The van der Waals surface area contributed by atoms with Crippen LogP contribution < -0.4 is 4.74 Å². The number of ether oxygens (including phenoxy) is 1. The van der Waals surface area contributed by atoms with E-state index in [4.69, 9.17) is 4.74 Å². The van der Waals surface area contributed by atoms with E-state index < -0.39 is 6.10 Å². The van der Waals surface area contributed by atoms with Gasteiger partial charge in [0.25, 0.3) is 0 Å². The molecule has 0 saturated carbocycles. The van der Waals surface area contributed by atoms with Crippen LogP contribution >= 0.6 is 12.1 Å². The number of aromatic nitrogens is 2. The summed E-state index contributed by atoms with van der Waals surface area (Å²) in [5, 5.41) is 10.4. The first kappa shape index (κ1) is 16.7. The Morgan fingerprint density at radius 1 is 1.21 bits per heavy atom. The molecule has 0 aliphatic rings. The minimum atomic E-state index is -0.828. The molecule has 0 unspecified atom stereocenters. The molecule has 24 heavy (non-hydrogen) atoms. The molecule has 2 heterocycles. The van der Waals surface area contributed by atoms with Crippen molar-refractivity contribution in [3.05, 3.63) is 54.4 Å². The molecule has 0 saturated heterocycles. The second-order valence-corrected chi connectivity index (χ2v) is 6.03. The van der Waals surface area contributed by atoms with Crippen LogP contribution in [0.2, 0.25) is 0 Å². The molecule has 0 spiro atoms. The van der Waals surface area contributed by atoms with Gasteiger partial charge in [-0.2, -0.15) is 3.89 Å². The van der Waals surface area contributed by atoms with E-state index in [0.29, 0.717) is 5.75 Å². The topological polar surface area (TPSA) is 55.2 Å². The van der Waals surface area contributed by atoms with E-state index in [2.05, 4.69) is 9.97 Å². The summed E-state index contributed by atoms with van der Waals surface area (Å²) in [7, 11) is 0. The Balaban J connectivity index is 1.81. The zero-order valence-corrected chi connectivity index (χ0v) is 14.0. The molecule has 1 atom stereocenters. The fraction of sp³-hybridized carbons (Fsp3) is 0.222. The normalized spacial score (nSPS) is 12.3. The van der Waals surface area contributed by atoms with Crippen molar-refractivity contribution in [1.29, 1.82) is 0 Å². The molecule has 1 N–H and O–H groups in total. The van der Waals surface area contributed by atoms with Crippen LogP contribution in [-0.2, 0) is 0 Å². The minimum absolute atomic E-state index is 0.00382.